The van der Waals surface area contributed by atoms with Crippen molar-refractivity contribution >= 4 is 22.6 Å². The Hall–Kier alpha value is -4.04. The smallest absolute Gasteiger partial charge is 0.153 e. The van der Waals surface area contributed by atoms with Crippen LogP contribution < -0.4 is 4.74 Å². The quantitative estimate of drug-likeness (QED) is 0.123. The fraction of sp³-hybridized carbons (Fsp3) is 0.212. The van der Waals surface area contributed by atoms with E-state index in [1.807, 2.05) is 84.9 Å². The number of aromatic nitrogens is 3. The predicted octanol–water partition coefficient (Wildman–Crippen LogP) is 6.58. The molecule has 2 heterocycles. The lowest BCUT2D eigenvalue weighted by Gasteiger charge is -2.48. The summed E-state index contributed by atoms with van der Waals surface area (Å²) in [5.74, 6) is -0.229. The topological polar surface area (TPSA) is 69.4 Å². The fourth-order valence-corrected chi connectivity index (χ4v) is 6.29. The molecule has 0 saturated heterocycles. The van der Waals surface area contributed by atoms with E-state index in [1.165, 1.54) is 12.5 Å². The fourth-order valence-electron chi connectivity index (χ4n) is 6.07. The maximum Gasteiger partial charge on any atom is 0.153 e. The standard InChI is InChI=1S/C33H29ClFN3O3/c1-21-26(18-39)27(30(21)38-17-28(35)29-31(34)36-20-37-32(29)38)19-41-33(22-9-5-3-6-10-22,23-11-7-4-8-12-23)24-13-15-25(40-2)16-14-24/h3-17,20,26-27,30,39H,1,18-19H2,2H3/t26-,27+,30+/m0/s1. The number of aliphatic hydroxyl groups excluding tert-OH is 1. The van der Waals surface area contributed by atoms with Crippen molar-refractivity contribution in [2.45, 2.75) is 11.6 Å². The van der Waals surface area contributed by atoms with Gasteiger partial charge in [-0.15, -0.1) is 0 Å². The molecule has 0 aliphatic heterocycles. The van der Waals surface area contributed by atoms with Crippen LogP contribution in [0.1, 0.15) is 22.7 Å². The number of nitrogens with zero attached hydrogens (tertiary/aromatic N) is 3. The molecular weight excluding hydrogens is 541 g/mol. The van der Waals surface area contributed by atoms with Crippen molar-refractivity contribution in [2.75, 3.05) is 20.3 Å². The van der Waals surface area contributed by atoms with Crippen molar-refractivity contribution in [2.24, 2.45) is 11.8 Å². The molecule has 2 aromatic heterocycles. The highest BCUT2D eigenvalue weighted by atomic mass is 35.5. The SMILES string of the molecule is C=C1[C@@H](n2cc(F)c3c(Cl)ncnc32)[C@H](COC(c2ccccc2)(c2ccccc2)c2ccc(OC)cc2)[C@H]1CO. The number of fused-ring (bicyclic) bond motifs is 1. The molecule has 5 aromatic rings. The molecule has 1 N–H and O–H groups in total. The third kappa shape index (κ3) is 4.50. The van der Waals surface area contributed by atoms with Crippen LogP contribution in [0.25, 0.3) is 11.0 Å². The maximum absolute atomic E-state index is 15.0. The van der Waals surface area contributed by atoms with Gasteiger partial charge in [-0.3, -0.25) is 0 Å². The molecule has 1 fully saturated rings. The van der Waals surface area contributed by atoms with Crippen LogP contribution in [-0.4, -0.2) is 40.0 Å². The Morgan fingerprint density at radius 2 is 1.56 bits per heavy atom. The van der Waals surface area contributed by atoms with Crippen LogP contribution in [0.2, 0.25) is 5.15 Å². The summed E-state index contributed by atoms with van der Waals surface area (Å²) in [4.78, 5) is 8.27. The average Bonchev–Trinajstić information content (AvgIpc) is 3.34. The first-order chi connectivity index (χ1) is 20.0. The Morgan fingerprint density at radius 1 is 0.951 bits per heavy atom. The van der Waals surface area contributed by atoms with Gasteiger partial charge < -0.3 is 19.1 Å². The highest BCUT2D eigenvalue weighted by Crippen LogP contribution is 2.51. The second-order valence-electron chi connectivity index (χ2n) is 10.2. The lowest BCUT2D eigenvalue weighted by Crippen LogP contribution is -2.47. The molecule has 1 saturated carbocycles. The zero-order valence-electron chi connectivity index (χ0n) is 22.5. The molecule has 3 aromatic carbocycles. The third-order valence-electron chi connectivity index (χ3n) is 8.14. The van der Waals surface area contributed by atoms with E-state index in [4.69, 9.17) is 21.1 Å². The van der Waals surface area contributed by atoms with Gasteiger partial charge in [-0.05, 0) is 34.4 Å². The minimum Gasteiger partial charge on any atom is -0.497 e. The second kappa shape index (κ2) is 11.1. The molecule has 3 atom stereocenters. The van der Waals surface area contributed by atoms with Gasteiger partial charge in [0.1, 0.15) is 28.5 Å². The molecular formula is C33H29ClFN3O3. The van der Waals surface area contributed by atoms with Crippen molar-refractivity contribution in [3.8, 4) is 5.75 Å². The van der Waals surface area contributed by atoms with Crippen LogP contribution in [0.4, 0.5) is 4.39 Å². The number of rotatable bonds is 9. The van der Waals surface area contributed by atoms with E-state index >= 15 is 4.39 Å². The van der Waals surface area contributed by atoms with Crippen LogP contribution in [0.3, 0.4) is 0 Å². The molecule has 0 amide bonds. The summed E-state index contributed by atoms with van der Waals surface area (Å²) in [5.41, 5.74) is 2.99. The van der Waals surface area contributed by atoms with Gasteiger partial charge in [0.25, 0.3) is 0 Å². The predicted molar refractivity (Wildman–Crippen MR) is 156 cm³/mol. The van der Waals surface area contributed by atoms with E-state index < -0.39 is 11.4 Å². The molecule has 6 rings (SSSR count). The van der Waals surface area contributed by atoms with Crippen molar-refractivity contribution in [3.05, 3.63) is 137 Å². The van der Waals surface area contributed by atoms with Crippen molar-refractivity contribution in [1.29, 1.82) is 0 Å². The van der Waals surface area contributed by atoms with E-state index in [0.717, 1.165) is 28.0 Å². The molecule has 6 nitrogen and oxygen atoms in total. The summed E-state index contributed by atoms with van der Waals surface area (Å²) in [6.07, 6.45) is 2.70. The van der Waals surface area contributed by atoms with Crippen LogP contribution in [0.15, 0.2) is 110 Å². The van der Waals surface area contributed by atoms with E-state index in [1.54, 1.807) is 11.7 Å². The van der Waals surface area contributed by atoms with Gasteiger partial charge in [-0.2, -0.15) is 0 Å². The summed E-state index contributed by atoms with van der Waals surface area (Å²) in [7, 11) is 1.64. The Labute approximate surface area is 242 Å². The molecule has 41 heavy (non-hydrogen) atoms. The minimum atomic E-state index is -0.980. The zero-order chi connectivity index (χ0) is 28.6. The lowest BCUT2D eigenvalue weighted by atomic mass is 9.66. The Bertz CT molecular complexity index is 1640. The zero-order valence-corrected chi connectivity index (χ0v) is 23.2. The summed E-state index contributed by atoms with van der Waals surface area (Å²) >= 11 is 6.22. The lowest BCUT2D eigenvalue weighted by molar-refractivity contribution is -0.0502. The third-order valence-corrected chi connectivity index (χ3v) is 8.43. The van der Waals surface area contributed by atoms with E-state index in [-0.39, 0.29) is 41.6 Å². The van der Waals surface area contributed by atoms with E-state index in [2.05, 4.69) is 16.5 Å². The highest BCUT2D eigenvalue weighted by molar-refractivity contribution is 6.34. The van der Waals surface area contributed by atoms with Crippen LogP contribution >= 0.6 is 11.6 Å². The van der Waals surface area contributed by atoms with Gasteiger partial charge in [0, 0.05) is 18.0 Å². The van der Waals surface area contributed by atoms with Crippen molar-refractivity contribution in [1.82, 2.24) is 14.5 Å². The first kappa shape index (κ1) is 27.1. The average molecular weight is 570 g/mol. The molecule has 8 heteroatoms. The normalized spacial score (nSPS) is 18.8. The number of aliphatic hydroxyl groups is 1. The van der Waals surface area contributed by atoms with Gasteiger partial charge >= 0.3 is 0 Å². The number of hydrogen-bond acceptors (Lipinski definition) is 5. The number of methoxy groups -OCH3 is 1. The molecule has 1 aliphatic carbocycles. The number of halogens is 2. The maximum atomic E-state index is 15.0. The number of ether oxygens (including phenoxy) is 2. The van der Waals surface area contributed by atoms with Crippen LogP contribution in [-0.2, 0) is 10.3 Å². The minimum absolute atomic E-state index is 0.0503. The molecule has 208 valence electrons. The second-order valence-corrected chi connectivity index (χ2v) is 10.5. The van der Waals surface area contributed by atoms with Crippen LogP contribution in [0, 0.1) is 17.7 Å². The Balaban J connectivity index is 1.45. The van der Waals surface area contributed by atoms with Gasteiger partial charge in [0.2, 0.25) is 0 Å². The Morgan fingerprint density at radius 3 is 2.15 bits per heavy atom. The van der Waals surface area contributed by atoms with Crippen molar-refractivity contribution in [3.63, 3.8) is 0 Å². The number of benzene rings is 3. The summed E-state index contributed by atoms with van der Waals surface area (Å²) in [5, 5.41) is 10.5. The van der Waals surface area contributed by atoms with E-state index in [9.17, 15) is 5.11 Å². The molecule has 0 radical (unpaired) electrons. The van der Waals surface area contributed by atoms with Gasteiger partial charge in [0.05, 0.1) is 31.8 Å². The first-order valence-corrected chi connectivity index (χ1v) is 13.7. The molecule has 0 bridgehead atoms. The van der Waals surface area contributed by atoms with Crippen molar-refractivity contribution < 1.29 is 19.0 Å². The van der Waals surface area contributed by atoms with Crippen LogP contribution in [0.5, 0.6) is 5.75 Å². The van der Waals surface area contributed by atoms with Gasteiger partial charge in [-0.25, -0.2) is 14.4 Å². The first-order valence-electron chi connectivity index (χ1n) is 13.3. The molecule has 1 aliphatic rings. The monoisotopic (exact) mass is 569 g/mol. The molecule has 0 spiro atoms. The van der Waals surface area contributed by atoms with Gasteiger partial charge in [-0.1, -0.05) is 91.0 Å². The molecule has 0 unspecified atom stereocenters. The Kier molecular flexibility index (Phi) is 7.34. The number of hydrogen-bond donors (Lipinski definition) is 1. The summed E-state index contributed by atoms with van der Waals surface area (Å²) < 4.78 is 29.3. The highest BCUT2D eigenvalue weighted by Gasteiger charge is 2.48. The van der Waals surface area contributed by atoms with Gasteiger partial charge in [0.15, 0.2) is 5.82 Å². The summed E-state index contributed by atoms with van der Waals surface area (Å²) in [6.45, 7) is 4.38. The largest absolute Gasteiger partial charge is 0.497 e. The van der Waals surface area contributed by atoms with E-state index in [0.29, 0.717) is 5.65 Å². The summed E-state index contributed by atoms with van der Waals surface area (Å²) in [6, 6.07) is 27.6.